The van der Waals surface area contributed by atoms with Crippen LogP contribution in [0.4, 0.5) is 0 Å². The monoisotopic (exact) mass is 201 g/mol. The van der Waals surface area contributed by atoms with Crippen molar-refractivity contribution >= 4 is 5.91 Å². The van der Waals surface area contributed by atoms with Gasteiger partial charge in [0.25, 0.3) is 0 Å². The summed E-state index contributed by atoms with van der Waals surface area (Å²) in [7, 11) is 3.18. The third-order valence-electron chi connectivity index (χ3n) is 2.77. The predicted molar refractivity (Wildman–Crippen MR) is 52.8 cm³/mol. The van der Waals surface area contributed by atoms with Crippen molar-refractivity contribution < 1.29 is 14.3 Å². The largest absolute Gasteiger partial charge is 0.354 e. The average Bonchev–Trinajstić information content (AvgIpc) is 2.56. The van der Waals surface area contributed by atoms with E-state index in [0.29, 0.717) is 18.9 Å². The van der Waals surface area contributed by atoms with Crippen molar-refractivity contribution in [3.8, 4) is 0 Å². The van der Waals surface area contributed by atoms with E-state index in [-0.39, 0.29) is 12.2 Å². The maximum atomic E-state index is 11.5. The lowest BCUT2D eigenvalue weighted by Gasteiger charge is -2.21. The molecule has 1 unspecified atom stereocenters. The highest BCUT2D eigenvalue weighted by molar-refractivity contribution is 5.78. The zero-order chi connectivity index (χ0) is 10.6. The fraction of sp³-hybridized carbons (Fsp3) is 0.900. The summed E-state index contributed by atoms with van der Waals surface area (Å²) in [6, 6.07) is 0. The molecule has 0 N–H and O–H groups in total. The second-order valence-electron chi connectivity index (χ2n) is 3.68. The van der Waals surface area contributed by atoms with Gasteiger partial charge in [-0.15, -0.1) is 0 Å². The van der Waals surface area contributed by atoms with E-state index < -0.39 is 0 Å². The minimum Gasteiger partial charge on any atom is -0.354 e. The molecule has 1 fully saturated rings. The fourth-order valence-electron chi connectivity index (χ4n) is 1.73. The van der Waals surface area contributed by atoms with Crippen LogP contribution < -0.4 is 0 Å². The van der Waals surface area contributed by atoms with Crippen molar-refractivity contribution in [2.45, 2.75) is 26.1 Å². The van der Waals surface area contributed by atoms with E-state index in [9.17, 15) is 4.79 Å². The summed E-state index contributed by atoms with van der Waals surface area (Å²) >= 11 is 0. The third kappa shape index (κ3) is 2.69. The van der Waals surface area contributed by atoms with Crippen LogP contribution in [0.3, 0.4) is 0 Å². The van der Waals surface area contributed by atoms with Crippen LogP contribution in [0.15, 0.2) is 0 Å². The summed E-state index contributed by atoms with van der Waals surface area (Å²) in [5.74, 6) is 0.729. The molecule has 1 aliphatic heterocycles. The van der Waals surface area contributed by atoms with E-state index >= 15 is 0 Å². The van der Waals surface area contributed by atoms with Crippen molar-refractivity contribution in [1.82, 2.24) is 4.90 Å². The Morgan fingerprint density at radius 2 is 2.14 bits per heavy atom. The first-order chi connectivity index (χ1) is 6.71. The Morgan fingerprint density at radius 3 is 2.57 bits per heavy atom. The Morgan fingerprint density at radius 1 is 1.50 bits per heavy atom. The molecule has 0 radical (unpaired) electrons. The lowest BCUT2D eigenvalue weighted by atomic mass is 10.1. The highest BCUT2D eigenvalue weighted by Crippen LogP contribution is 2.20. The summed E-state index contributed by atoms with van der Waals surface area (Å²) in [6.45, 7) is 3.51. The molecule has 1 rings (SSSR count). The van der Waals surface area contributed by atoms with Crippen LogP contribution in [0, 0.1) is 5.92 Å². The second kappa shape index (κ2) is 5.32. The fourth-order valence-corrected chi connectivity index (χ4v) is 1.73. The molecule has 0 aromatic rings. The van der Waals surface area contributed by atoms with E-state index in [1.54, 1.807) is 14.2 Å². The first kappa shape index (κ1) is 11.5. The molecular formula is C10H19NO3. The van der Waals surface area contributed by atoms with Crippen LogP contribution >= 0.6 is 0 Å². The second-order valence-corrected chi connectivity index (χ2v) is 3.68. The standard InChI is InChI=1S/C10H19NO3/c1-4-8-5-9(12)11(6-8)7-10(13-2)14-3/h8,10H,4-7H2,1-3H3. The molecule has 4 heteroatoms. The number of nitrogens with zero attached hydrogens (tertiary/aromatic N) is 1. The summed E-state index contributed by atoms with van der Waals surface area (Å²) in [4.78, 5) is 13.4. The molecule has 4 nitrogen and oxygen atoms in total. The van der Waals surface area contributed by atoms with E-state index in [2.05, 4.69) is 6.92 Å². The number of methoxy groups -OCH3 is 2. The molecule has 0 spiro atoms. The molecule has 1 amide bonds. The average molecular weight is 201 g/mol. The van der Waals surface area contributed by atoms with E-state index in [4.69, 9.17) is 9.47 Å². The third-order valence-corrected chi connectivity index (χ3v) is 2.77. The molecule has 1 heterocycles. The van der Waals surface area contributed by atoms with Gasteiger partial charge in [-0.1, -0.05) is 13.3 Å². The summed E-state index contributed by atoms with van der Waals surface area (Å²) in [5.41, 5.74) is 0. The Kier molecular flexibility index (Phi) is 4.35. The van der Waals surface area contributed by atoms with Gasteiger partial charge in [-0.2, -0.15) is 0 Å². The normalized spacial score (nSPS) is 22.4. The number of likely N-dealkylation sites (tertiary alicyclic amines) is 1. The topological polar surface area (TPSA) is 38.8 Å². The van der Waals surface area contributed by atoms with Crippen molar-refractivity contribution in [3.05, 3.63) is 0 Å². The van der Waals surface area contributed by atoms with Gasteiger partial charge in [-0.3, -0.25) is 4.79 Å². The number of carbonyl (C=O) groups excluding carboxylic acids is 1. The van der Waals surface area contributed by atoms with Gasteiger partial charge in [0.05, 0.1) is 6.54 Å². The van der Waals surface area contributed by atoms with Crippen LogP contribution in [0.1, 0.15) is 19.8 Å². The predicted octanol–water partition coefficient (Wildman–Crippen LogP) is 0.864. The lowest BCUT2D eigenvalue weighted by Crippen LogP contribution is -2.35. The molecule has 0 bridgehead atoms. The van der Waals surface area contributed by atoms with Gasteiger partial charge in [-0.25, -0.2) is 0 Å². The highest BCUT2D eigenvalue weighted by Gasteiger charge is 2.29. The molecule has 0 aliphatic carbocycles. The molecule has 0 saturated carbocycles. The molecule has 1 atom stereocenters. The maximum Gasteiger partial charge on any atom is 0.223 e. The highest BCUT2D eigenvalue weighted by atomic mass is 16.7. The molecule has 0 aromatic carbocycles. The zero-order valence-electron chi connectivity index (χ0n) is 9.16. The first-order valence-corrected chi connectivity index (χ1v) is 5.04. The molecule has 14 heavy (non-hydrogen) atoms. The Hall–Kier alpha value is -0.610. The Labute approximate surface area is 85.2 Å². The van der Waals surface area contributed by atoms with Gasteiger partial charge < -0.3 is 14.4 Å². The number of ether oxygens (including phenoxy) is 2. The van der Waals surface area contributed by atoms with Gasteiger partial charge in [0.1, 0.15) is 0 Å². The van der Waals surface area contributed by atoms with Crippen LogP contribution in [0.5, 0.6) is 0 Å². The van der Waals surface area contributed by atoms with Crippen molar-refractivity contribution in [1.29, 1.82) is 0 Å². The van der Waals surface area contributed by atoms with Crippen LogP contribution in [0.25, 0.3) is 0 Å². The zero-order valence-corrected chi connectivity index (χ0v) is 9.16. The van der Waals surface area contributed by atoms with Crippen molar-refractivity contribution in [2.75, 3.05) is 27.3 Å². The first-order valence-electron chi connectivity index (χ1n) is 5.04. The minimum atomic E-state index is -0.297. The molecular weight excluding hydrogens is 182 g/mol. The molecule has 1 saturated heterocycles. The van der Waals surface area contributed by atoms with Crippen LogP contribution in [-0.4, -0.2) is 44.4 Å². The van der Waals surface area contributed by atoms with Crippen molar-refractivity contribution in [3.63, 3.8) is 0 Å². The molecule has 0 aromatic heterocycles. The van der Waals surface area contributed by atoms with Gasteiger partial charge in [0.15, 0.2) is 6.29 Å². The summed E-state index contributed by atoms with van der Waals surface area (Å²) in [5, 5.41) is 0. The van der Waals surface area contributed by atoms with Crippen LogP contribution in [0.2, 0.25) is 0 Å². The number of amides is 1. The van der Waals surface area contributed by atoms with Gasteiger partial charge in [0, 0.05) is 27.2 Å². The van der Waals surface area contributed by atoms with E-state index in [1.165, 1.54) is 0 Å². The number of carbonyl (C=O) groups is 1. The molecule has 82 valence electrons. The quantitative estimate of drug-likeness (QED) is 0.619. The van der Waals surface area contributed by atoms with Crippen molar-refractivity contribution in [2.24, 2.45) is 5.92 Å². The summed E-state index contributed by atoms with van der Waals surface area (Å²) < 4.78 is 10.1. The Balaban J connectivity index is 2.41. The number of hydrogen-bond donors (Lipinski definition) is 0. The van der Waals surface area contributed by atoms with Gasteiger partial charge in [0.2, 0.25) is 5.91 Å². The van der Waals surface area contributed by atoms with Gasteiger partial charge in [-0.05, 0) is 5.92 Å². The van der Waals surface area contributed by atoms with Gasteiger partial charge >= 0.3 is 0 Å². The smallest absolute Gasteiger partial charge is 0.223 e. The maximum absolute atomic E-state index is 11.5. The number of rotatable bonds is 5. The Bertz CT molecular complexity index is 192. The number of hydrogen-bond acceptors (Lipinski definition) is 3. The van der Waals surface area contributed by atoms with E-state index in [1.807, 2.05) is 4.90 Å². The van der Waals surface area contributed by atoms with Crippen LogP contribution in [-0.2, 0) is 14.3 Å². The van der Waals surface area contributed by atoms with E-state index in [0.717, 1.165) is 13.0 Å². The lowest BCUT2D eigenvalue weighted by molar-refractivity contribution is -0.141. The SMILES string of the molecule is CCC1CC(=O)N(CC(OC)OC)C1. The minimum absolute atomic E-state index is 0.218. The summed E-state index contributed by atoms with van der Waals surface area (Å²) in [6.07, 6.45) is 1.44. The molecule has 1 aliphatic rings.